The van der Waals surface area contributed by atoms with Gasteiger partial charge in [0.1, 0.15) is 18.1 Å². The van der Waals surface area contributed by atoms with Gasteiger partial charge in [-0.1, -0.05) is 30.8 Å². The van der Waals surface area contributed by atoms with Crippen molar-refractivity contribution in [2.24, 2.45) is 22.4 Å². The number of benzene rings is 1. The SMILES string of the molecule is C=CCOc1ccc2c(c1)CC[C@H]1[C@@H]2CC[C@@]2(C)C(=O)/C(=N\O)C[C@@H]12. The molecule has 1 N–H and O–H groups in total. The highest BCUT2D eigenvalue weighted by atomic mass is 16.5. The first-order valence-corrected chi connectivity index (χ1v) is 9.20. The topological polar surface area (TPSA) is 58.9 Å². The van der Waals surface area contributed by atoms with E-state index in [1.165, 1.54) is 11.1 Å². The van der Waals surface area contributed by atoms with Crippen LogP contribution in [0.2, 0.25) is 0 Å². The number of Topliss-reactive ketones (excluding diaryl/α,β-unsaturated/α-hetero) is 1. The fourth-order valence-electron chi connectivity index (χ4n) is 5.50. The van der Waals surface area contributed by atoms with E-state index in [0.717, 1.165) is 31.4 Å². The molecular weight excluding hydrogens is 314 g/mol. The third kappa shape index (κ3) is 2.42. The second-order valence-electron chi connectivity index (χ2n) is 7.91. The maximum Gasteiger partial charge on any atom is 0.186 e. The molecular formula is C21H25NO3. The molecule has 0 spiro atoms. The number of oxime groups is 1. The zero-order valence-corrected chi connectivity index (χ0v) is 14.7. The van der Waals surface area contributed by atoms with Gasteiger partial charge >= 0.3 is 0 Å². The molecule has 4 nitrogen and oxygen atoms in total. The van der Waals surface area contributed by atoms with Gasteiger partial charge in [0, 0.05) is 11.8 Å². The molecule has 0 aliphatic heterocycles. The van der Waals surface area contributed by atoms with Gasteiger partial charge in [0.25, 0.3) is 0 Å². The average Bonchev–Trinajstić information content (AvgIpc) is 2.90. The molecule has 0 radical (unpaired) electrons. The molecule has 0 bridgehead atoms. The number of hydrogen-bond acceptors (Lipinski definition) is 4. The highest BCUT2D eigenvalue weighted by molar-refractivity contribution is 6.43. The van der Waals surface area contributed by atoms with Crippen molar-refractivity contribution in [2.75, 3.05) is 6.61 Å². The molecule has 2 saturated carbocycles. The molecule has 3 aliphatic rings. The molecule has 1 aromatic rings. The van der Waals surface area contributed by atoms with E-state index in [9.17, 15) is 10.0 Å². The summed E-state index contributed by atoms with van der Waals surface area (Å²) in [6, 6.07) is 6.44. The number of rotatable bonds is 3. The van der Waals surface area contributed by atoms with Crippen molar-refractivity contribution in [3.8, 4) is 5.75 Å². The van der Waals surface area contributed by atoms with E-state index in [-0.39, 0.29) is 11.2 Å². The molecule has 25 heavy (non-hydrogen) atoms. The van der Waals surface area contributed by atoms with E-state index in [4.69, 9.17) is 4.74 Å². The largest absolute Gasteiger partial charge is 0.490 e. The number of nitrogens with zero attached hydrogens (tertiary/aromatic N) is 1. The predicted octanol–water partition coefficient (Wildman–Crippen LogP) is 4.12. The van der Waals surface area contributed by atoms with Crippen LogP contribution in [0.5, 0.6) is 5.75 Å². The third-order valence-corrected chi connectivity index (χ3v) is 6.77. The van der Waals surface area contributed by atoms with Gasteiger partial charge in [0.05, 0.1) is 0 Å². The Morgan fingerprint density at radius 1 is 1.44 bits per heavy atom. The monoisotopic (exact) mass is 339 g/mol. The Balaban J connectivity index is 1.64. The molecule has 1 aromatic carbocycles. The van der Waals surface area contributed by atoms with Gasteiger partial charge in [-0.25, -0.2) is 0 Å². The molecule has 4 rings (SSSR count). The second kappa shape index (κ2) is 6.01. The number of ketones is 1. The lowest BCUT2D eigenvalue weighted by molar-refractivity contribution is -0.125. The normalized spacial score (nSPS) is 35.0. The molecule has 132 valence electrons. The zero-order chi connectivity index (χ0) is 17.6. The van der Waals surface area contributed by atoms with Gasteiger partial charge in [-0.2, -0.15) is 0 Å². The summed E-state index contributed by atoms with van der Waals surface area (Å²) in [7, 11) is 0. The van der Waals surface area contributed by atoms with Gasteiger partial charge in [-0.05, 0) is 66.7 Å². The molecule has 0 aromatic heterocycles. The zero-order valence-electron chi connectivity index (χ0n) is 14.7. The van der Waals surface area contributed by atoms with E-state index in [1.807, 2.05) is 0 Å². The van der Waals surface area contributed by atoms with Crippen molar-refractivity contribution in [1.82, 2.24) is 0 Å². The maximum absolute atomic E-state index is 12.6. The number of hydrogen-bond donors (Lipinski definition) is 1. The number of fused-ring (bicyclic) bond motifs is 5. The number of carbonyl (C=O) groups excluding carboxylic acids is 1. The predicted molar refractivity (Wildman–Crippen MR) is 96.4 cm³/mol. The third-order valence-electron chi connectivity index (χ3n) is 6.77. The first-order chi connectivity index (χ1) is 12.1. The summed E-state index contributed by atoms with van der Waals surface area (Å²) in [5.74, 6) is 2.27. The molecule has 0 heterocycles. The standard InChI is InChI=1S/C21H25NO3/c1-3-10-25-14-5-7-15-13(11-14)4-6-17-16(15)8-9-21(2)18(17)12-19(22-24)20(21)23/h3,5,7,11,16-18,24H,1,4,6,8-10,12H2,2H3/b22-19-/t16-,17+,18+,21-/m1/s1. The first-order valence-electron chi connectivity index (χ1n) is 9.20. The van der Waals surface area contributed by atoms with E-state index < -0.39 is 0 Å². The molecule has 3 aliphatic carbocycles. The lowest BCUT2D eigenvalue weighted by Crippen LogP contribution is -2.42. The van der Waals surface area contributed by atoms with Crippen LogP contribution in [0.3, 0.4) is 0 Å². The quantitative estimate of drug-likeness (QED) is 0.512. The van der Waals surface area contributed by atoms with Gasteiger partial charge in [-0.15, -0.1) is 0 Å². The van der Waals surface area contributed by atoms with E-state index in [2.05, 4.69) is 36.9 Å². The Kier molecular flexibility index (Phi) is 3.94. The fraction of sp³-hybridized carbons (Fsp3) is 0.524. The van der Waals surface area contributed by atoms with Crippen molar-refractivity contribution in [2.45, 2.75) is 44.9 Å². The average molecular weight is 339 g/mol. The van der Waals surface area contributed by atoms with Crippen molar-refractivity contribution in [3.05, 3.63) is 42.0 Å². The highest BCUT2D eigenvalue weighted by Crippen LogP contribution is 2.59. The molecule has 0 saturated heterocycles. The van der Waals surface area contributed by atoms with Crippen LogP contribution >= 0.6 is 0 Å². The van der Waals surface area contributed by atoms with Crippen LogP contribution in [-0.2, 0) is 11.2 Å². The summed E-state index contributed by atoms with van der Waals surface area (Å²) < 4.78 is 5.68. The second-order valence-corrected chi connectivity index (χ2v) is 7.91. The summed E-state index contributed by atoms with van der Waals surface area (Å²) in [5, 5.41) is 12.5. The summed E-state index contributed by atoms with van der Waals surface area (Å²) in [5.41, 5.74) is 2.85. The Bertz CT molecular complexity index is 754. The van der Waals surface area contributed by atoms with Crippen LogP contribution in [0.1, 0.15) is 49.7 Å². The number of ether oxygens (including phenoxy) is 1. The van der Waals surface area contributed by atoms with Gasteiger partial charge in [0.2, 0.25) is 0 Å². The lowest BCUT2D eigenvalue weighted by Gasteiger charge is -2.47. The van der Waals surface area contributed by atoms with Crippen molar-refractivity contribution >= 4 is 11.5 Å². The van der Waals surface area contributed by atoms with E-state index >= 15 is 0 Å². The van der Waals surface area contributed by atoms with Crippen LogP contribution in [0.25, 0.3) is 0 Å². The molecule has 0 amide bonds. The minimum Gasteiger partial charge on any atom is -0.490 e. The van der Waals surface area contributed by atoms with Crippen molar-refractivity contribution < 1.29 is 14.7 Å². The Labute approximate surface area is 148 Å². The van der Waals surface area contributed by atoms with Gasteiger partial charge in [-0.3, -0.25) is 4.79 Å². The minimum absolute atomic E-state index is 0.0671. The van der Waals surface area contributed by atoms with Gasteiger partial charge < -0.3 is 9.94 Å². The van der Waals surface area contributed by atoms with Crippen molar-refractivity contribution in [3.63, 3.8) is 0 Å². The molecule has 4 heteroatoms. The summed E-state index contributed by atoms with van der Waals surface area (Å²) in [6.45, 7) is 6.30. The fourth-order valence-corrected chi connectivity index (χ4v) is 5.50. The smallest absolute Gasteiger partial charge is 0.186 e. The highest BCUT2D eigenvalue weighted by Gasteiger charge is 2.57. The lowest BCUT2D eigenvalue weighted by atomic mass is 9.55. The Morgan fingerprint density at radius 3 is 3.04 bits per heavy atom. The molecule has 2 fully saturated rings. The van der Waals surface area contributed by atoms with Crippen LogP contribution in [-0.4, -0.2) is 23.3 Å². The van der Waals surface area contributed by atoms with Gasteiger partial charge in [0.15, 0.2) is 5.78 Å². The minimum atomic E-state index is -0.340. The Morgan fingerprint density at radius 2 is 2.28 bits per heavy atom. The van der Waals surface area contributed by atoms with Crippen LogP contribution in [0.15, 0.2) is 36.0 Å². The summed E-state index contributed by atoms with van der Waals surface area (Å²) >= 11 is 0. The van der Waals surface area contributed by atoms with Crippen LogP contribution in [0, 0.1) is 17.3 Å². The molecule has 4 atom stereocenters. The van der Waals surface area contributed by atoms with E-state index in [0.29, 0.717) is 36.5 Å². The first kappa shape index (κ1) is 16.4. The maximum atomic E-state index is 12.6. The van der Waals surface area contributed by atoms with Crippen molar-refractivity contribution in [1.29, 1.82) is 0 Å². The van der Waals surface area contributed by atoms with Crippen LogP contribution in [0.4, 0.5) is 0 Å². The summed E-state index contributed by atoms with van der Waals surface area (Å²) in [4.78, 5) is 12.6. The number of carbonyl (C=O) groups is 1. The van der Waals surface area contributed by atoms with Crippen LogP contribution < -0.4 is 4.74 Å². The number of aryl methyl sites for hydroxylation is 1. The van der Waals surface area contributed by atoms with E-state index in [1.54, 1.807) is 6.08 Å². The Hall–Kier alpha value is -2.10. The molecule has 0 unspecified atom stereocenters. The summed E-state index contributed by atoms with van der Waals surface area (Å²) in [6.07, 6.45) is 6.41.